The van der Waals surface area contributed by atoms with Gasteiger partial charge in [0.25, 0.3) is 0 Å². The maximum absolute atomic E-state index is 13.0. The highest BCUT2D eigenvalue weighted by Crippen LogP contribution is 2.26. The molecule has 11 heteroatoms. The van der Waals surface area contributed by atoms with Gasteiger partial charge in [0, 0.05) is 30.6 Å². The third-order valence-corrected chi connectivity index (χ3v) is 10.6. The first-order valence-electron chi connectivity index (χ1n) is 11.4. The zero-order valence-electron chi connectivity index (χ0n) is 18.8. The van der Waals surface area contributed by atoms with Gasteiger partial charge in [-0.25, -0.2) is 16.8 Å². The van der Waals surface area contributed by atoms with Crippen LogP contribution in [0.25, 0.3) is 0 Å². The van der Waals surface area contributed by atoms with E-state index in [0.29, 0.717) is 18.4 Å². The van der Waals surface area contributed by atoms with Crippen molar-refractivity contribution in [1.82, 2.24) is 14.5 Å². The molecule has 1 aromatic carbocycles. The van der Waals surface area contributed by atoms with Crippen molar-refractivity contribution in [1.29, 1.82) is 0 Å². The van der Waals surface area contributed by atoms with Gasteiger partial charge in [0.1, 0.15) is 0 Å². The van der Waals surface area contributed by atoms with Crippen molar-refractivity contribution >= 4 is 31.6 Å². The average Bonchev–Trinajstić information content (AvgIpc) is 3.41. The number of rotatable bonds is 6. The number of hydrogen-bond donors (Lipinski definition) is 1. The number of amides is 1. The molecule has 3 saturated heterocycles. The van der Waals surface area contributed by atoms with Gasteiger partial charge >= 0.3 is 0 Å². The van der Waals surface area contributed by atoms with Crippen molar-refractivity contribution in [2.24, 2.45) is 5.92 Å². The van der Waals surface area contributed by atoms with E-state index < -0.39 is 25.9 Å². The Morgan fingerprint density at radius 3 is 2.15 bits per heavy atom. The minimum Gasteiger partial charge on any atom is -0.350 e. The number of hydrogen-bond acceptors (Lipinski definition) is 7. The second kappa shape index (κ2) is 9.44. The van der Waals surface area contributed by atoms with Crippen molar-refractivity contribution in [3.63, 3.8) is 0 Å². The van der Waals surface area contributed by atoms with E-state index in [1.807, 2.05) is 0 Å². The second-order valence-corrected chi connectivity index (χ2v) is 13.4. The van der Waals surface area contributed by atoms with Gasteiger partial charge in [-0.2, -0.15) is 4.31 Å². The van der Waals surface area contributed by atoms with Crippen molar-refractivity contribution in [3.05, 3.63) is 29.8 Å². The lowest BCUT2D eigenvalue weighted by Gasteiger charge is -2.33. The van der Waals surface area contributed by atoms with Crippen LogP contribution in [-0.2, 0) is 24.7 Å². The summed E-state index contributed by atoms with van der Waals surface area (Å²) in [6, 6.07) is 5.28. The number of likely N-dealkylation sites (tertiary alicyclic amines) is 1. The number of nitrogens with one attached hydrogen (secondary N) is 1. The molecule has 0 spiro atoms. The Kier molecular flexibility index (Phi) is 6.95. The summed E-state index contributed by atoms with van der Waals surface area (Å²) in [6.45, 7) is 3.57. The number of sulfone groups is 1. The molecule has 3 heterocycles. The zero-order chi connectivity index (χ0) is 23.8. The fourth-order valence-corrected chi connectivity index (χ4v) is 8.49. The minimum absolute atomic E-state index is 0.0383. The van der Waals surface area contributed by atoms with Gasteiger partial charge in [-0.15, -0.1) is 0 Å². The molecule has 3 aliphatic rings. The van der Waals surface area contributed by atoms with Crippen LogP contribution in [0.15, 0.2) is 29.2 Å². The highest BCUT2D eigenvalue weighted by atomic mass is 32.2. The van der Waals surface area contributed by atoms with Crippen LogP contribution in [-0.4, -0.2) is 87.5 Å². The lowest BCUT2D eigenvalue weighted by Crippen LogP contribution is -2.52. The Balaban J connectivity index is 1.36. The minimum atomic E-state index is -3.71. The van der Waals surface area contributed by atoms with Crippen molar-refractivity contribution in [2.75, 3.05) is 37.7 Å². The maximum atomic E-state index is 13.0. The Morgan fingerprint density at radius 1 is 0.970 bits per heavy atom. The Labute approximate surface area is 195 Å². The van der Waals surface area contributed by atoms with Crippen LogP contribution in [0.4, 0.5) is 0 Å². The van der Waals surface area contributed by atoms with Crippen molar-refractivity contribution in [3.8, 4) is 0 Å². The van der Waals surface area contributed by atoms with Crippen molar-refractivity contribution < 1.29 is 26.4 Å². The van der Waals surface area contributed by atoms with Gasteiger partial charge in [0.2, 0.25) is 15.9 Å². The van der Waals surface area contributed by atoms with Gasteiger partial charge in [-0.1, -0.05) is 12.1 Å². The second-order valence-electron chi connectivity index (χ2n) is 9.26. The summed E-state index contributed by atoms with van der Waals surface area (Å²) in [4.78, 5) is 26.7. The van der Waals surface area contributed by atoms with Gasteiger partial charge in [-0.05, 0) is 57.8 Å². The number of carbonyl (C=O) groups is 2. The van der Waals surface area contributed by atoms with E-state index in [1.54, 1.807) is 0 Å². The van der Waals surface area contributed by atoms with Gasteiger partial charge in [0.15, 0.2) is 15.6 Å². The summed E-state index contributed by atoms with van der Waals surface area (Å²) in [5.41, 5.74) is 0.450. The fraction of sp³-hybridized carbons (Fsp3) is 0.636. The zero-order valence-corrected chi connectivity index (χ0v) is 20.4. The van der Waals surface area contributed by atoms with Crippen LogP contribution in [0, 0.1) is 5.92 Å². The van der Waals surface area contributed by atoms with E-state index in [0.717, 1.165) is 25.9 Å². The maximum Gasteiger partial charge on any atom is 0.243 e. The van der Waals surface area contributed by atoms with E-state index in [2.05, 4.69) is 10.2 Å². The molecule has 33 heavy (non-hydrogen) atoms. The summed E-state index contributed by atoms with van der Waals surface area (Å²) < 4.78 is 51.8. The standard InChI is InChI=1S/C22H31N3O6S2/c1-16(26)17-4-6-19(7-5-17)33(30,31)25-12-8-18(9-13-25)22(27)23-20-14-32(28,29)15-21(20)24-10-2-3-11-24/h4-7,18,20-21H,2-3,8-15H2,1H3,(H,23,27). The number of carbonyl (C=O) groups excluding carboxylic acids is 2. The summed E-state index contributed by atoms with van der Waals surface area (Å²) in [6.07, 6.45) is 2.85. The largest absolute Gasteiger partial charge is 0.350 e. The smallest absolute Gasteiger partial charge is 0.243 e. The summed E-state index contributed by atoms with van der Waals surface area (Å²) in [7, 11) is -6.90. The van der Waals surface area contributed by atoms with E-state index >= 15 is 0 Å². The molecule has 3 fully saturated rings. The lowest BCUT2D eigenvalue weighted by atomic mass is 9.96. The molecule has 9 nitrogen and oxygen atoms in total. The molecule has 0 aliphatic carbocycles. The van der Waals surface area contributed by atoms with Crippen LogP contribution >= 0.6 is 0 Å². The first kappa shape index (κ1) is 24.3. The van der Waals surface area contributed by atoms with Crippen LogP contribution < -0.4 is 5.32 Å². The molecule has 1 amide bonds. The number of piperidine rings is 1. The Morgan fingerprint density at radius 2 is 1.58 bits per heavy atom. The molecular weight excluding hydrogens is 466 g/mol. The SMILES string of the molecule is CC(=O)c1ccc(S(=O)(=O)N2CCC(C(=O)NC3CS(=O)(=O)CC3N3CCCC3)CC2)cc1. The topological polar surface area (TPSA) is 121 Å². The Hall–Kier alpha value is -1.82. The number of Topliss-reactive ketones (excluding diaryl/α,β-unsaturated/α-hetero) is 1. The third kappa shape index (κ3) is 5.31. The van der Waals surface area contributed by atoms with E-state index in [4.69, 9.17) is 0 Å². The number of sulfonamides is 1. The number of ketones is 1. The molecule has 182 valence electrons. The van der Waals surface area contributed by atoms with Crippen LogP contribution in [0.1, 0.15) is 43.0 Å². The molecule has 0 bridgehead atoms. The van der Waals surface area contributed by atoms with Crippen molar-refractivity contribution in [2.45, 2.75) is 49.6 Å². The summed E-state index contributed by atoms with van der Waals surface area (Å²) in [5.74, 6) is -0.628. The van der Waals surface area contributed by atoms with Crippen LogP contribution in [0.3, 0.4) is 0 Å². The average molecular weight is 498 g/mol. The van der Waals surface area contributed by atoms with E-state index in [-0.39, 0.29) is 53.1 Å². The molecule has 0 saturated carbocycles. The third-order valence-electron chi connectivity index (χ3n) is 6.98. The predicted octanol–water partition coefficient (Wildman–Crippen LogP) is 0.668. The fourth-order valence-electron chi connectivity index (χ4n) is 5.07. The van der Waals surface area contributed by atoms with Crippen LogP contribution in [0.5, 0.6) is 0 Å². The summed E-state index contributed by atoms with van der Waals surface area (Å²) >= 11 is 0. The molecule has 0 aromatic heterocycles. The van der Waals surface area contributed by atoms with Gasteiger partial charge < -0.3 is 5.32 Å². The molecule has 2 atom stereocenters. The van der Waals surface area contributed by atoms with Crippen LogP contribution in [0.2, 0.25) is 0 Å². The molecule has 2 unspecified atom stereocenters. The molecule has 1 N–H and O–H groups in total. The molecular formula is C22H31N3O6S2. The number of nitrogens with zero attached hydrogens (tertiary/aromatic N) is 2. The molecule has 3 aliphatic heterocycles. The monoisotopic (exact) mass is 497 g/mol. The quantitative estimate of drug-likeness (QED) is 0.574. The van der Waals surface area contributed by atoms with E-state index in [9.17, 15) is 26.4 Å². The van der Waals surface area contributed by atoms with Gasteiger partial charge in [0.05, 0.1) is 22.4 Å². The number of benzene rings is 1. The molecule has 0 radical (unpaired) electrons. The first-order chi connectivity index (χ1) is 15.6. The van der Waals surface area contributed by atoms with Gasteiger partial charge in [-0.3, -0.25) is 14.5 Å². The van der Waals surface area contributed by atoms with E-state index in [1.165, 1.54) is 35.5 Å². The molecule has 4 rings (SSSR count). The first-order valence-corrected chi connectivity index (χ1v) is 14.7. The Bertz CT molecular complexity index is 1100. The lowest BCUT2D eigenvalue weighted by molar-refractivity contribution is -0.127. The normalized spacial score (nSPS) is 26.9. The highest BCUT2D eigenvalue weighted by Gasteiger charge is 2.43. The molecule has 1 aromatic rings. The predicted molar refractivity (Wildman–Crippen MR) is 123 cm³/mol. The summed E-state index contributed by atoms with van der Waals surface area (Å²) in [5, 5.41) is 2.97. The highest BCUT2D eigenvalue weighted by molar-refractivity contribution is 7.91.